The molecular formula is C18H21N3O. The molecule has 1 aliphatic heterocycles. The molecule has 0 atom stereocenters. The third kappa shape index (κ3) is 2.64. The van der Waals surface area contributed by atoms with Crippen molar-refractivity contribution in [2.24, 2.45) is 12.0 Å². The fourth-order valence-corrected chi connectivity index (χ4v) is 2.65. The number of hydrogen-bond donors (Lipinski definition) is 1. The molecule has 0 radical (unpaired) electrons. The van der Waals surface area contributed by atoms with E-state index in [4.69, 9.17) is 4.74 Å². The van der Waals surface area contributed by atoms with E-state index < -0.39 is 0 Å². The molecule has 4 nitrogen and oxygen atoms in total. The highest BCUT2D eigenvalue weighted by Gasteiger charge is 2.15. The average Bonchev–Trinajstić information content (AvgIpc) is 3.15. The molecule has 2 aromatic heterocycles. The maximum Gasteiger partial charge on any atom is 0.145 e. The molecule has 2 aromatic rings. The second kappa shape index (κ2) is 5.72. The minimum atomic E-state index is 0.640. The Hall–Kier alpha value is -2.49. The summed E-state index contributed by atoms with van der Waals surface area (Å²) in [7, 11) is 2.05. The Morgan fingerprint density at radius 3 is 2.68 bits per heavy atom. The predicted molar refractivity (Wildman–Crippen MR) is 91.3 cm³/mol. The van der Waals surface area contributed by atoms with E-state index in [-0.39, 0.29) is 0 Å². The highest BCUT2D eigenvalue weighted by molar-refractivity contribution is 5.97. The first-order valence-electron chi connectivity index (χ1n) is 7.52. The number of H-pyrrole nitrogens is 1. The first-order chi connectivity index (χ1) is 10.6. The number of rotatable bonds is 4. The molecule has 4 heteroatoms. The molecule has 0 spiro atoms. The SMILES string of the molecule is CCOc1cc(-c2ccc(C)[nH]2)n(C)c1C=C1C=CC(C)=N1. The van der Waals surface area contributed by atoms with Gasteiger partial charge in [-0.25, -0.2) is 0 Å². The molecule has 3 heterocycles. The van der Waals surface area contributed by atoms with Crippen LogP contribution in [0, 0.1) is 6.92 Å². The minimum Gasteiger partial charge on any atom is -0.492 e. The number of allylic oxidation sites excluding steroid dienone is 2. The van der Waals surface area contributed by atoms with Crippen molar-refractivity contribution in [3.63, 3.8) is 0 Å². The van der Waals surface area contributed by atoms with E-state index in [0.717, 1.165) is 39.9 Å². The lowest BCUT2D eigenvalue weighted by Gasteiger charge is -2.06. The minimum absolute atomic E-state index is 0.640. The molecule has 0 amide bonds. The van der Waals surface area contributed by atoms with Crippen LogP contribution in [0.2, 0.25) is 0 Å². The van der Waals surface area contributed by atoms with Crippen LogP contribution in [0.15, 0.2) is 41.0 Å². The van der Waals surface area contributed by atoms with Crippen molar-refractivity contribution >= 4 is 11.8 Å². The number of ether oxygens (including phenoxy) is 1. The lowest BCUT2D eigenvalue weighted by Crippen LogP contribution is -1.97. The van der Waals surface area contributed by atoms with E-state index in [2.05, 4.69) is 52.8 Å². The van der Waals surface area contributed by atoms with E-state index in [1.54, 1.807) is 0 Å². The number of nitrogens with one attached hydrogen (secondary N) is 1. The zero-order chi connectivity index (χ0) is 15.7. The largest absolute Gasteiger partial charge is 0.492 e. The van der Waals surface area contributed by atoms with Gasteiger partial charge < -0.3 is 14.3 Å². The van der Waals surface area contributed by atoms with Crippen LogP contribution in [-0.2, 0) is 7.05 Å². The highest BCUT2D eigenvalue weighted by atomic mass is 16.5. The summed E-state index contributed by atoms with van der Waals surface area (Å²) < 4.78 is 7.95. The van der Waals surface area contributed by atoms with Crippen molar-refractivity contribution in [1.82, 2.24) is 9.55 Å². The summed E-state index contributed by atoms with van der Waals surface area (Å²) >= 11 is 0. The number of hydrogen-bond acceptors (Lipinski definition) is 2. The van der Waals surface area contributed by atoms with Crippen LogP contribution < -0.4 is 4.74 Å². The maximum atomic E-state index is 5.81. The fourth-order valence-electron chi connectivity index (χ4n) is 2.65. The first-order valence-corrected chi connectivity index (χ1v) is 7.52. The zero-order valence-electron chi connectivity index (χ0n) is 13.5. The summed E-state index contributed by atoms with van der Waals surface area (Å²) in [5, 5.41) is 0. The van der Waals surface area contributed by atoms with Gasteiger partial charge in [-0.1, -0.05) is 0 Å². The van der Waals surface area contributed by atoms with E-state index in [1.807, 2.05) is 26.0 Å². The Balaban J connectivity index is 2.08. The number of aromatic amines is 1. The second-order valence-electron chi connectivity index (χ2n) is 5.48. The molecular weight excluding hydrogens is 274 g/mol. The van der Waals surface area contributed by atoms with Crippen molar-refractivity contribution in [2.45, 2.75) is 20.8 Å². The molecule has 22 heavy (non-hydrogen) atoms. The van der Waals surface area contributed by atoms with Gasteiger partial charge in [0.05, 0.1) is 29.4 Å². The van der Waals surface area contributed by atoms with Crippen molar-refractivity contribution in [3.05, 3.63) is 47.4 Å². The molecule has 0 saturated carbocycles. The number of aryl methyl sites for hydroxylation is 1. The summed E-state index contributed by atoms with van der Waals surface area (Å²) in [6, 6.07) is 6.25. The number of nitrogens with zero attached hydrogens (tertiary/aromatic N) is 2. The van der Waals surface area contributed by atoms with Gasteiger partial charge in [-0.05, 0) is 51.1 Å². The summed E-state index contributed by atoms with van der Waals surface area (Å²) in [5.74, 6) is 0.882. The lowest BCUT2D eigenvalue weighted by atomic mass is 10.3. The molecule has 114 valence electrons. The van der Waals surface area contributed by atoms with Gasteiger partial charge in [0.2, 0.25) is 0 Å². The molecule has 1 N–H and O–H groups in total. The predicted octanol–water partition coefficient (Wildman–Crippen LogP) is 4.10. The fraction of sp³-hybridized carbons (Fsp3) is 0.278. The summed E-state index contributed by atoms with van der Waals surface area (Å²) in [4.78, 5) is 7.88. The normalized spacial score (nSPS) is 15.6. The summed E-state index contributed by atoms with van der Waals surface area (Å²) in [6.07, 6.45) is 6.11. The van der Waals surface area contributed by atoms with Crippen LogP contribution >= 0.6 is 0 Å². The molecule has 0 saturated heterocycles. The highest BCUT2D eigenvalue weighted by Crippen LogP contribution is 2.32. The maximum absolute atomic E-state index is 5.81. The Morgan fingerprint density at radius 2 is 2.09 bits per heavy atom. The van der Waals surface area contributed by atoms with Crippen molar-refractivity contribution < 1.29 is 4.74 Å². The molecule has 0 aromatic carbocycles. The van der Waals surface area contributed by atoms with Gasteiger partial charge in [0.1, 0.15) is 5.75 Å². The van der Waals surface area contributed by atoms with Gasteiger partial charge in [-0.15, -0.1) is 0 Å². The van der Waals surface area contributed by atoms with Gasteiger partial charge in [-0.2, -0.15) is 0 Å². The third-order valence-corrected chi connectivity index (χ3v) is 3.74. The standard InChI is InChI=1S/C18H21N3O/c1-5-22-18-11-16(15-9-7-13(3)20-15)21(4)17(18)10-14-8-6-12(2)19-14/h6-11,20H,5H2,1-4H3. The van der Waals surface area contributed by atoms with Gasteiger partial charge in [0.25, 0.3) is 0 Å². The Bertz CT molecular complexity index is 787. The molecule has 0 aliphatic carbocycles. The summed E-state index contributed by atoms with van der Waals surface area (Å²) in [5.41, 5.74) is 6.35. The van der Waals surface area contributed by atoms with Gasteiger partial charge in [0.15, 0.2) is 0 Å². The molecule has 0 bridgehead atoms. The van der Waals surface area contributed by atoms with Crippen LogP contribution in [0.4, 0.5) is 0 Å². The van der Waals surface area contributed by atoms with Crippen LogP contribution in [0.5, 0.6) is 5.75 Å². The molecule has 0 unspecified atom stereocenters. The van der Waals surface area contributed by atoms with Crippen molar-refractivity contribution in [1.29, 1.82) is 0 Å². The Morgan fingerprint density at radius 1 is 1.27 bits per heavy atom. The summed E-state index contributed by atoms with van der Waals surface area (Å²) in [6.45, 7) is 6.69. The van der Waals surface area contributed by atoms with E-state index >= 15 is 0 Å². The van der Waals surface area contributed by atoms with Gasteiger partial charge in [0, 0.05) is 24.5 Å². The number of aromatic nitrogens is 2. The van der Waals surface area contributed by atoms with E-state index in [1.165, 1.54) is 0 Å². The number of aliphatic imine (C=N–C) groups is 1. The van der Waals surface area contributed by atoms with Crippen LogP contribution in [0.1, 0.15) is 25.2 Å². The molecule has 0 fully saturated rings. The zero-order valence-corrected chi connectivity index (χ0v) is 13.5. The third-order valence-electron chi connectivity index (χ3n) is 3.74. The smallest absolute Gasteiger partial charge is 0.145 e. The van der Waals surface area contributed by atoms with Gasteiger partial charge in [-0.3, -0.25) is 4.99 Å². The monoisotopic (exact) mass is 295 g/mol. The van der Waals surface area contributed by atoms with Crippen LogP contribution in [-0.4, -0.2) is 21.9 Å². The average molecular weight is 295 g/mol. The van der Waals surface area contributed by atoms with Crippen molar-refractivity contribution in [3.8, 4) is 17.1 Å². The molecule has 1 aliphatic rings. The lowest BCUT2D eigenvalue weighted by molar-refractivity contribution is 0.339. The quantitative estimate of drug-likeness (QED) is 0.906. The van der Waals surface area contributed by atoms with Gasteiger partial charge >= 0.3 is 0 Å². The van der Waals surface area contributed by atoms with E-state index in [0.29, 0.717) is 6.61 Å². The Kier molecular flexibility index (Phi) is 3.75. The van der Waals surface area contributed by atoms with Crippen LogP contribution in [0.3, 0.4) is 0 Å². The topological polar surface area (TPSA) is 42.3 Å². The Labute approximate surface area is 130 Å². The van der Waals surface area contributed by atoms with E-state index in [9.17, 15) is 0 Å². The van der Waals surface area contributed by atoms with Crippen molar-refractivity contribution in [2.75, 3.05) is 6.61 Å². The first kappa shape index (κ1) is 14.4. The molecule has 3 rings (SSSR count). The second-order valence-corrected chi connectivity index (χ2v) is 5.48. The van der Waals surface area contributed by atoms with Crippen LogP contribution in [0.25, 0.3) is 17.5 Å².